The molecule has 1 aromatic carbocycles. The van der Waals surface area contributed by atoms with Gasteiger partial charge in [-0.05, 0) is 19.2 Å². The van der Waals surface area contributed by atoms with E-state index in [0.717, 1.165) is 6.54 Å². The van der Waals surface area contributed by atoms with E-state index in [9.17, 15) is 8.42 Å². The van der Waals surface area contributed by atoms with Gasteiger partial charge in [-0.1, -0.05) is 0 Å². The fourth-order valence-electron chi connectivity index (χ4n) is 1.71. The molecule has 0 atom stereocenters. The molecule has 0 saturated heterocycles. The summed E-state index contributed by atoms with van der Waals surface area (Å²) in [6.07, 6.45) is 0. The average Bonchev–Trinajstić information content (AvgIpc) is 2.44. The van der Waals surface area contributed by atoms with E-state index < -0.39 is 10.0 Å². The highest BCUT2D eigenvalue weighted by Gasteiger charge is 2.17. The zero-order valence-electron chi connectivity index (χ0n) is 12.6. The van der Waals surface area contributed by atoms with Gasteiger partial charge in [0.05, 0.1) is 19.4 Å². The zero-order chi connectivity index (χ0) is 15.9. The van der Waals surface area contributed by atoms with Gasteiger partial charge in [-0.2, -0.15) is 0 Å². The molecule has 21 heavy (non-hydrogen) atoms. The van der Waals surface area contributed by atoms with Crippen LogP contribution in [-0.2, 0) is 14.8 Å². The Bertz CT molecular complexity index is 548. The Kier molecular flexibility index (Phi) is 6.90. The normalized spacial score (nSPS) is 11.8. The van der Waals surface area contributed by atoms with E-state index in [1.54, 1.807) is 13.2 Å². The van der Waals surface area contributed by atoms with Crippen molar-refractivity contribution in [2.24, 2.45) is 0 Å². The molecule has 0 saturated carbocycles. The van der Waals surface area contributed by atoms with Gasteiger partial charge in [-0.15, -0.1) is 0 Å². The molecule has 8 heteroatoms. The maximum absolute atomic E-state index is 12.2. The molecule has 7 nitrogen and oxygen atoms in total. The van der Waals surface area contributed by atoms with Gasteiger partial charge in [0.1, 0.15) is 10.6 Å². The number of hydrogen-bond acceptors (Lipinski definition) is 6. The number of nitrogens with one attached hydrogen (secondary N) is 1. The number of methoxy groups -OCH3 is 2. The lowest BCUT2D eigenvalue weighted by atomic mass is 10.3. The van der Waals surface area contributed by atoms with E-state index >= 15 is 0 Å². The number of nitrogen functional groups attached to an aromatic ring is 1. The fourth-order valence-corrected chi connectivity index (χ4v) is 2.84. The van der Waals surface area contributed by atoms with Crippen LogP contribution in [0.15, 0.2) is 23.1 Å². The van der Waals surface area contributed by atoms with E-state index in [4.69, 9.17) is 15.2 Å². The number of rotatable bonds is 9. The maximum atomic E-state index is 12.2. The summed E-state index contributed by atoms with van der Waals surface area (Å²) in [6.45, 7) is 2.23. The van der Waals surface area contributed by atoms with Crippen LogP contribution in [0.1, 0.15) is 0 Å². The number of likely N-dealkylation sites (N-methyl/N-ethyl adjacent to an activating group) is 1. The summed E-state index contributed by atoms with van der Waals surface area (Å²) >= 11 is 0. The SMILES string of the molecule is COCCN(C)CCNS(=O)(=O)c1ccc(OC)cc1N. The van der Waals surface area contributed by atoms with Gasteiger partial charge in [-0.3, -0.25) is 0 Å². The predicted molar refractivity (Wildman–Crippen MR) is 82.0 cm³/mol. The van der Waals surface area contributed by atoms with Gasteiger partial charge in [-0.25, -0.2) is 13.1 Å². The third-order valence-corrected chi connectivity index (χ3v) is 4.50. The minimum atomic E-state index is -3.62. The van der Waals surface area contributed by atoms with E-state index in [2.05, 4.69) is 4.72 Å². The van der Waals surface area contributed by atoms with Crippen molar-refractivity contribution in [2.45, 2.75) is 4.90 Å². The number of benzene rings is 1. The van der Waals surface area contributed by atoms with Crippen LogP contribution in [0.3, 0.4) is 0 Å². The van der Waals surface area contributed by atoms with Crippen molar-refractivity contribution >= 4 is 15.7 Å². The Morgan fingerprint density at radius 2 is 2.00 bits per heavy atom. The third kappa shape index (κ3) is 5.50. The summed E-state index contributed by atoms with van der Waals surface area (Å²) in [5.41, 5.74) is 5.92. The molecule has 0 radical (unpaired) electrons. The Labute approximate surface area is 126 Å². The smallest absolute Gasteiger partial charge is 0.242 e. The number of sulfonamides is 1. The summed E-state index contributed by atoms with van der Waals surface area (Å²) in [5, 5.41) is 0. The van der Waals surface area contributed by atoms with Crippen LogP contribution in [0, 0.1) is 0 Å². The second-order valence-electron chi connectivity index (χ2n) is 4.60. The lowest BCUT2D eigenvalue weighted by molar-refractivity contribution is 0.162. The molecule has 0 heterocycles. The van der Waals surface area contributed by atoms with Crippen LogP contribution in [0.2, 0.25) is 0 Å². The standard InChI is InChI=1S/C13H23N3O4S/c1-16(8-9-19-2)7-6-15-21(17,18)13-5-4-11(20-3)10-12(13)14/h4-5,10,15H,6-9,14H2,1-3H3. The summed E-state index contributed by atoms with van der Waals surface area (Å²) in [7, 11) is 1.40. The van der Waals surface area contributed by atoms with Crippen LogP contribution in [0.25, 0.3) is 0 Å². The minimum Gasteiger partial charge on any atom is -0.497 e. The van der Waals surface area contributed by atoms with Gasteiger partial charge < -0.3 is 20.1 Å². The van der Waals surface area contributed by atoms with Gasteiger partial charge in [0.2, 0.25) is 10.0 Å². The topological polar surface area (TPSA) is 93.9 Å². The lowest BCUT2D eigenvalue weighted by Crippen LogP contribution is -2.34. The van der Waals surface area contributed by atoms with E-state index in [1.807, 2.05) is 11.9 Å². The first-order valence-corrected chi connectivity index (χ1v) is 7.99. The molecule has 0 bridgehead atoms. The molecule has 1 aromatic rings. The van der Waals surface area contributed by atoms with Gasteiger partial charge in [0.25, 0.3) is 0 Å². The van der Waals surface area contributed by atoms with Crippen LogP contribution in [0.5, 0.6) is 5.75 Å². The minimum absolute atomic E-state index is 0.0582. The molecule has 0 fully saturated rings. The van der Waals surface area contributed by atoms with Gasteiger partial charge in [0, 0.05) is 32.8 Å². The first kappa shape index (κ1) is 17.7. The molecule has 0 amide bonds. The van der Waals surface area contributed by atoms with Crippen LogP contribution in [-0.4, -0.2) is 60.8 Å². The molecule has 0 unspecified atom stereocenters. The quantitative estimate of drug-likeness (QED) is 0.629. The first-order chi connectivity index (χ1) is 9.90. The van der Waals surface area contributed by atoms with Crippen molar-refractivity contribution in [2.75, 3.05) is 53.2 Å². The zero-order valence-corrected chi connectivity index (χ0v) is 13.4. The first-order valence-electron chi connectivity index (χ1n) is 6.51. The lowest BCUT2D eigenvalue weighted by Gasteiger charge is -2.16. The second-order valence-corrected chi connectivity index (χ2v) is 6.33. The van der Waals surface area contributed by atoms with E-state index in [0.29, 0.717) is 25.4 Å². The van der Waals surface area contributed by atoms with E-state index in [-0.39, 0.29) is 10.6 Å². The van der Waals surface area contributed by atoms with Gasteiger partial charge >= 0.3 is 0 Å². The number of hydrogen-bond donors (Lipinski definition) is 2. The van der Waals surface area contributed by atoms with Crippen LogP contribution >= 0.6 is 0 Å². The van der Waals surface area contributed by atoms with Crippen molar-refractivity contribution < 1.29 is 17.9 Å². The predicted octanol–water partition coefficient (Wildman–Crippen LogP) is 0.134. The molecule has 3 N–H and O–H groups in total. The highest BCUT2D eigenvalue weighted by Crippen LogP contribution is 2.23. The summed E-state index contributed by atoms with van der Waals surface area (Å²) in [6, 6.07) is 4.49. The number of anilines is 1. The largest absolute Gasteiger partial charge is 0.497 e. The molecule has 1 rings (SSSR count). The van der Waals surface area contributed by atoms with Crippen molar-refractivity contribution in [1.29, 1.82) is 0 Å². The highest BCUT2D eigenvalue weighted by molar-refractivity contribution is 7.89. The summed E-state index contributed by atoms with van der Waals surface area (Å²) in [5.74, 6) is 0.519. The monoisotopic (exact) mass is 317 g/mol. The Balaban J connectivity index is 2.61. The number of nitrogens with zero attached hydrogens (tertiary/aromatic N) is 1. The number of ether oxygens (including phenoxy) is 2. The Morgan fingerprint density at radius 1 is 1.29 bits per heavy atom. The van der Waals surface area contributed by atoms with E-state index in [1.165, 1.54) is 19.2 Å². The number of nitrogens with two attached hydrogens (primary N) is 1. The average molecular weight is 317 g/mol. The molecular formula is C13H23N3O4S. The molecule has 0 aliphatic rings. The fraction of sp³-hybridized carbons (Fsp3) is 0.538. The van der Waals surface area contributed by atoms with Gasteiger partial charge in [0.15, 0.2) is 0 Å². The molecule has 0 spiro atoms. The van der Waals surface area contributed by atoms with Crippen molar-refractivity contribution in [1.82, 2.24) is 9.62 Å². The van der Waals surface area contributed by atoms with Crippen molar-refractivity contribution in [3.63, 3.8) is 0 Å². The summed E-state index contributed by atoms with van der Waals surface area (Å²) < 4.78 is 36.8. The van der Waals surface area contributed by atoms with Crippen LogP contribution < -0.4 is 15.2 Å². The third-order valence-electron chi connectivity index (χ3n) is 2.97. The molecule has 120 valence electrons. The van der Waals surface area contributed by atoms with Crippen LogP contribution in [0.4, 0.5) is 5.69 Å². The van der Waals surface area contributed by atoms with Crippen molar-refractivity contribution in [3.05, 3.63) is 18.2 Å². The maximum Gasteiger partial charge on any atom is 0.242 e. The van der Waals surface area contributed by atoms with Crippen molar-refractivity contribution in [3.8, 4) is 5.75 Å². The molecule has 0 aromatic heterocycles. The summed E-state index contributed by atoms with van der Waals surface area (Å²) in [4.78, 5) is 2.03. The highest BCUT2D eigenvalue weighted by atomic mass is 32.2. The molecule has 0 aliphatic heterocycles. The molecule has 0 aliphatic carbocycles. The molecular weight excluding hydrogens is 294 g/mol. The second kappa shape index (κ2) is 8.18. The Morgan fingerprint density at radius 3 is 2.57 bits per heavy atom. The Hall–Kier alpha value is -1.35.